The van der Waals surface area contributed by atoms with E-state index in [0.717, 1.165) is 12.2 Å². The molecule has 1 unspecified atom stereocenters. The topological polar surface area (TPSA) is 60.3 Å². The molecular weight excluding hydrogens is 256 g/mol. The fourth-order valence-electron chi connectivity index (χ4n) is 2.73. The lowest BCUT2D eigenvalue weighted by molar-refractivity contribution is 0.721. The van der Waals surface area contributed by atoms with E-state index < -0.39 is 0 Å². The molecule has 19 heavy (non-hydrogen) atoms. The van der Waals surface area contributed by atoms with E-state index in [1.807, 2.05) is 0 Å². The summed E-state index contributed by atoms with van der Waals surface area (Å²) in [6, 6.07) is 8.41. The number of nitrogens with one attached hydrogen (secondary N) is 3. The Morgan fingerprint density at radius 2 is 2.05 bits per heavy atom. The first kappa shape index (κ1) is 12.2. The zero-order chi connectivity index (χ0) is 13.4. The van der Waals surface area contributed by atoms with Gasteiger partial charge in [-0.3, -0.25) is 10.2 Å². The zero-order valence-corrected chi connectivity index (χ0v) is 11.8. The van der Waals surface area contributed by atoms with Crippen molar-refractivity contribution in [2.24, 2.45) is 0 Å². The van der Waals surface area contributed by atoms with Crippen molar-refractivity contribution in [1.29, 1.82) is 0 Å². The maximum atomic E-state index is 4.98. The molecule has 3 N–H and O–H groups in total. The van der Waals surface area contributed by atoms with Gasteiger partial charge in [-0.1, -0.05) is 25.1 Å². The van der Waals surface area contributed by atoms with Crippen molar-refractivity contribution in [1.82, 2.24) is 20.2 Å². The lowest BCUT2D eigenvalue weighted by Crippen LogP contribution is -2.01. The van der Waals surface area contributed by atoms with Crippen LogP contribution < -0.4 is 0 Å². The Kier molecular flexibility index (Phi) is 2.98. The molecule has 0 fully saturated rings. The van der Waals surface area contributed by atoms with Gasteiger partial charge in [0.15, 0.2) is 0 Å². The first-order valence-electron chi connectivity index (χ1n) is 6.36. The first-order chi connectivity index (χ1) is 9.15. The van der Waals surface area contributed by atoms with Crippen LogP contribution in [0.25, 0.3) is 10.9 Å². The van der Waals surface area contributed by atoms with Crippen LogP contribution in [0.2, 0.25) is 0 Å². The highest BCUT2D eigenvalue weighted by Crippen LogP contribution is 2.30. The molecule has 0 aliphatic heterocycles. The van der Waals surface area contributed by atoms with Gasteiger partial charge in [0.05, 0.1) is 0 Å². The predicted molar refractivity (Wildman–Crippen MR) is 78.9 cm³/mol. The average Bonchev–Trinajstić information content (AvgIpc) is 2.91. The summed E-state index contributed by atoms with van der Waals surface area (Å²) in [5, 5.41) is 7.15. The van der Waals surface area contributed by atoms with Gasteiger partial charge in [0, 0.05) is 23.0 Å². The molecule has 0 aliphatic rings. The molecule has 0 bridgehead atoms. The molecule has 3 aromatic rings. The van der Waals surface area contributed by atoms with Gasteiger partial charge in [-0.2, -0.15) is 0 Å². The van der Waals surface area contributed by atoms with E-state index in [9.17, 15) is 0 Å². The number of hydrogen-bond donors (Lipinski definition) is 3. The van der Waals surface area contributed by atoms with Gasteiger partial charge in [-0.25, -0.2) is 4.98 Å². The van der Waals surface area contributed by atoms with E-state index in [0.29, 0.717) is 10.7 Å². The Hall–Kier alpha value is -1.88. The molecular formula is C14H16N4S. The molecule has 0 aliphatic carbocycles. The van der Waals surface area contributed by atoms with Gasteiger partial charge in [-0.05, 0) is 36.7 Å². The minimum atomic E-state index is 0.380. The Labute approximate surface area is 116 Å². The number of para-hydroxylation sites is 1. The van der Waals surface area contributed by atoms with E-state index in [-0.39, 0.29) is 0 Å². The van der Waals surface area contributed by atoms with E-state index in [4.69, 9.17) is 12.2 Å². The first-order valence-corrected chi connectivity index (χ1v) is 6.76. The van der Waals surface area contributed by atoms with Crippen LogP contribution in [0.1, 0.15) is 29.9 Å². The van der Waals surface area contributed by atoms with Crippen LogP contribution in [-0.4, -0.2) is 20.2 Å². The van der Waals surface area contributed by atoms with Gasteiger partial charge in [-0.15, -0.1) is 0 Å². The third-order valence-electron chi connectivity index (χ3n) is 3.49. The summed E-state index contributed by atoms with van der Waals surface area (Å²) in [5.41, 5.74) is 3.78. The van der Waals surface area contributed by atoms with Crippen LogP contribution in [-0.2, 0) is 6.42 Å². The third-order valence-corrected chi connectivity index (χ3v) is 3.68. The molecule has 4 nitrogen and oxygen atoms in total. The summed E-state index contributed by atoms with van der Waals surface area (Å²) >= 11 is 4.98. The van der Waals surface area contributed by atoms with E-state index >= 15 is 0 Å². The second-order valence-corrected chi connectivity index (χ2v) is 5.31. The van der Waals surface area contributed by atoms with Crippen molar-refractivity contribution in [3.05, 3.63) is 46.1 Å². The maximum Gasteiger partial charge on any atom is 0.213 e. The number of H-pyrrole nitrogens is 3. The quantitative estimate of drug-likeness (QED) is 0.638. The van der Waals surface area contributed by atoms with Gasteiger partial charge < -0.3 is 4.98 Å². The van der Waals surface area contributed by atoms with E-state index in [1.165, 1.54) is 22.2 Å². The van der Waals surface area contributed by atoms with Crippen LogP contribution in [0.15, 0.2) is 24.3 Å². The minimum absolute atomic E-state index is 0.380. The maximum absolute atomic E-state index is 4.98. The van der Waals surface area contributed by atoms with Crippen molar-refractivity contribution in [2.45, 2.75) is 26.2 Å². The molecule has 0 radical (unpaired) electrons. The van der Waals surface area contributed by atoms with Crippen molar-refractivity contribution >= 4 is 23.1 Å². The number of aromatic amines is 3. The number of aryl methyl sites for hydroxylation is 1. The predicted octanol–water partition coefficient (Wildman–Crippen LogP) is 3.60. The zero-order valence-electron chi connectivity index (χ0n) is 10.9. The second-order valence-electron chi connectivity index (χ2n) is 4.93. The van der Waals surface area contributed by atoms with Gasteiger partial charge in [0.1, 0.15) is 5.82 Å². The van der Waals surface area contributed by atoms with Crippen LogP contribution in [0, 0.1) is 11.7 Å². The Morgan fingerprint density at radius 3 is 2.79 bits per heavy atom. The molecule has 0 spiro atoms. The Balaban J connectivity index is 1.99. The lowest BCUT2D eigenvalue weighted by atomic mass is 9.95. The molecule has 0 amide bonds. The largest absolute Gasteiger partial charge is 0.358 e. The standard InChI is InChI=1S/C14H16N4S/c1-8(7-12-16-14(19)18-17-12)13-9(2)15-11-6-4-3-5-10(11)13/h3-6,8,15H,7H2,1-2H3,(H2,16,17,18,19). The number of hydrogen-bond acceptors (Lipinski definition) is 2. The van der Waals surface area contributed by atoms with Crippen LogP contribution in [0.3, 0.4) is 0 Å². The molecule has 0 saturated heterocycles. The second kappa shape index (κ2) is 4.66. The van der Waals surface area contributed by atoms with Crippen LogP contribution in [0.5, 0.6) is 0 Å². The minimum Gasteiger partial charge on any atom is -0.358 e. The number of aromatic nitrogens is 4. The average molecular weight is 272 g/mol. The van der Waals surface area contributed by atoms with E-state index in [1.54, 1.807) is 0 Å². The molecule has 3 rings (SSSR count). The highest BCUT2D eigenvalue weighted by atomic mass is 32.1. The fourth-order valence-corrected chi connectivity index (χ4v) is 2.89. The highest BCUT2D eigenvalue weighted by Gasteiger charge is 2.16. The molecule has 2 heterocycles. The monoisotopic (exact) mass is 272 g/mol. The number of benzene rings is 1. The Morgan fingerprint density at radius 1 is 1.26 bits per heavy atom. The number of fused-ring (bicyclic) bond motifs is 1. The summed E-state index contributed by atoms with van der Waals surface area (Å²) in [7, 11) is 0. The molecule has 5 heteroatoms. The lowest BCUT2D eigenvalue weighted by Gasteiger charge is -2.10. The van der Waals surface area contributed by atoms with Gasteiger partial charge in [0.2, 0.25) is 4.77 Å². The third kappa shape index (κ3) is 2.21. The van der Waals surface area contributed by atoms with Crippen molar-refractivity contribution in [3.8, 4) is 0 Å². The Bertz CT molecular complexity index is 765. The number of nitrogens with zero attached hydrogens (tertiary/aromatic N) is 1. The molecule has 1 aromatic carbocycles. The summed E-state index contributed by atoms with van der Waals surface area (Å²) < 4.78 is 0.512. The van der Waals surface area contributed by atoms with Crippen LogP contribution >= 0.6 is 12.2 Å². The van der Waals surface area contributed by atoms with Crippen molar-refractivity contribution in [2.75, 3.05) is 0 Å². The SMILES string of the molecule is Cc1[nH]c2ccccc2c1C(C)Cc1nc(=S)[nH][nH]1. The van der Waals surface area contributed by atoms with E-state index in [2.05, 4.69) is 58.3 Å². The van der Waals surface area contributed by atoms with Gasteiger partial charge in [0.25, 0.3) is 0 Å². The molecule has 0 saturated carbocycles. The normalized spacial score (nSPS) is 12.9. The van der Waals surface area contributed by atoms with Gasteiger partial charge >= 0.3 is 0 Å². The fraction of sp³-hybridized carbons (Fsp3) is 0.286. The highest BCUT2D eigenvalue weighted by molar-refractivity contribution is 7.71. The molecule has 2 aromatic heterocycles. The molecule has 98 valence electrons. The summed E-state index contributed by atoms with van der Waals surface area (Å²) in [6.07, 6.45) is 0.843. The van der Waals surface area contributed by atoms with Crippen molar-refractivity contribution < 1.29 is 0 Å². The smallest absolute Gasteiger partial charge is 0.213 e. The van der Waals surface area contributed by atoms with Crippen LogP contribution in [0.4, 0.5) is 0 Å². The van der Waals surface area contributed by atoms with Crippen molar-refractivity contribution in [3.63, 3.8) is 0 Å². The molecule has 1 atom stereocenters. The summed E-state index contributed by atoms with van der Waals surface area (Å²) in [5.74, 6) is 1.28. The number of rotatable bonds is 3. The summed E-state index contributed by atoms with van der Waals surface area (Å²) in [4.78, 5) is 7.70. The summed E-state index contributed by atoms with van der Waals surface area (Å²) in [6.45, 7) is 4.34.